The minimum absolute atomic E-state index is 0.226. The molecule has 0 amide bonds. The highest BCUT2D eigenvalue weighted by Gasteiger charge is 2.45. The zero-order chi connectivity index (χ0) is 17.4. The molecule has 0 atom stereocenters. The molecule has 25 heavy (non-hydrogen) atoms. The SMILES string of the molecule is O=c1c(=O)n(C2(CF)CC2)ccn1Cc1ccc(-n2cccn2)nc1. The lowest BCUT2D eigenvalue weighted by molar-refractivity contribution is 0.326. The average Bonchev–Trinajstić information content (AvgIpc) is 3.23. The summed E-state index contributed by atoms with van der Waals surface area (Å²) in [5.41, 5.74) is -1.36. The minimum Gasteiger partial charge on any atom is -0.305 e. The Morgan fingerprint density at radius 2 is 1.96 bits per heavy atom. The molecule has 8 heteroatoms. The molecule has 0 N–H and O–H groups in total. The first-order chi connectivity index (χ1) is 12.1. The monoisotopic (exact) mass is 341 g/mol. The number of pyridine rings is 1. The van der Waals surface area contributed by atoms with E-state index in [9.17, 15) is 14.0 Å². The quantitative estimate of drug-likeness (QED) is 0.651. The normalized spacial score (nSPS) is 15.2. The van der Waals surface area contributed by atoms with Gasteiger partial charge < -0.3 is 9.13 Å². The van der Waals surface area contributed by atoms with Gasteiger partial charge in [0.1, 0.15) is 6.67 Å². The molecule has 3 aromatic heterocycles. The Labute approximate surface area is 142 Å². The molecular formula is C17H16FN5O2. The molecule has 0 bridgehead atoms. The summed E-state index contributed by atoms with van der Waals surface area (Å²) in [6, 6.07) is 5.41. The maximum Gasteiger partial charge on any atom is 0.317 e. The lowest BCUT2D eigenvalue weighted by Crippen LogP contribution is -2.45. The maximum atomic E-state index is 13.1. The highest BCUT2D eigenvalue weighted by molar-refractivity contribution is 5.24. The fourth-order valence-electron chi connectivity index (χ4n) is 2.84. The van der Waals surface area contributed by atoms with Gasteiger partial charge in [0.2, 0.25) is 0 Å². The highest BCUT2D eigenvalue weighted by atomic mass is 19.1. The largest absolute Gasteiger partial charge is 0.317 e. The van der Waals surface area contributed by atoms with Gasteiger partial charge in [-0.3, -0.25) is 9.59 Å². The molecule has 1 saturated carbocycles. The smallest absolute Gasteiger partial charge is 0.305 e. The number of hydrogen-bond donors (Lipinski definition) is 0. The summed E-state index contributed by atoms with van der Waals surface area (Å²) in [7, 11) is 0. The van der Waals surface area contributed by atoms with Crippen LogP contribution in [-0.4, -0.2) is 30.6 Å². The predicted octanol–water partition coefficient (Wildman–Crippen LogP) is 1.10. The van der Waals surface area contributed by atoms with Crippen LogP contribution in [0.15, 0.2) is 58.8 Å². The van der Waals surface area contributed by atoms with Crippen molar-refractivity contribution in [1.29, 1.82) is 0 Å². The molecule has 0 unspecified atom stereocenters. The molecule has 0 saturated heterocycles. The zero-order valence-electron chi connectivity index (χ0n) is 13.4. The van der Waals surface area contributed by atoms with E-state index in [4.69, 9.17) is 0 Å². The first kappa shape index (κ1) is 15.5. The number of halogens is 1. The molecule has 3 heterocycles. The molecule has 0 radical (unpaired) electrons. The van der Waals surface area contributed by atoms with Gasteiger partial charge in [-0.15, -0.1) is 0 Å². The van der Waals surface area contributed by atoms with Crippen molar-refractivity contribution in [3.8, 4) is 5.82 Å². The third-order valence-corrected chi connectivity index (χ3v) is 4.55. The van der Waals surface area contributed by atoms with E-state index < -0.39 is 23.3 Å². The standard InChI is InChI=1S/C17H16FN5O2/c18-12-17(4-5-17)22-9-8-21(15(24)16(22)25)11-13-2-3-14(19-10-13)23-7-1-6-20-23/h1-3,6-10H,4-5,11-12H2. The van der Waals surface area contributed by atoms with E-state index in [1.165, 1.54) is 21.5 Å². The second-order valence-electron chi connectivity index (χ2n) is 6.24. The Balaban J connectivity index is 1.60. The van der Waals surface area contributed by atoms with Gasteiger partial charge in [-0.2, -0.15) is 5.10 Å². The summed E-state index contributed by atoms with van der Waals surface area (Å²) < 4.78 is 17.3. The molecule has 3 aromatic rings. The van der Waals surface area contributed by atoms with E-state index in [-0.39, 0.29) is 6.54 Å². The average molecular weight is 341 g/mol. The molecular weight excluding hydrogens is 325 g/mol. The molecule has 1 fully saturated rings. The second-order valence-corrected chi connectivity index (χ2v) is 6.24. The van der Waals surface area contributed by atoms with E-state index in [1.807, 2.05) is 6.07 Å². The number of rotatable bonds is 5. The third-order valence-electron chi connectivity index (χ3n) is 4.55. The van der Waals surface area contributed by atoms with Gasteiger partial charge >= 0.3 is 11.1 Å². The lowest BCUT2D eigenvalue weighted by atomic mass is 10.2. The molecule has 0 aromatic carbocycles. The first-order valence-electron chi connectivity index (χ1n) is 7.96. The number of nitrogens with zero attached hydrogens (tertiary/aromatic N) is 5. The van der Waals surface area contributed by atoms with Crippen molar-refractivity contribution >= 4 is 0 Å². The summed E-state index contributed by atoms with van der Waals surface area (Å²) in [6.07, 6.45) is 9.29. The van der Waals surface area contributed by atoms with Crippen LogP contribution in [0.1, 0.15) is 18.4 Å². The molecule has 4 rings (SSSR count). The van der Waals surface area contributed by atoms with Crippen LogP contribution in [0.5, 0.6) is 0 Å². The molecule has 0 spiro atoms. The molecule has 7 nitrogen and oxygen atoms in total. The first-order valence-corrected chi connectivity index (χ1v) is 7.96. The third kappa shape index (κ3) is 2.69. The van der Waals surface area contributed by atoms with E-state index in [2.05, 4.69) is 10.1 Å². The fourth-order valence-corrected chi connectivity index (χ4v) is 2.84. The molecule has 128 valence electrons. The van der Waals surface area contributed by atoms with Crippen molar-refractivity contribution < 1.29 is 4.39 Å². The van der Waals surface area contributed by atoms with Gasteiger partial charge in [0.15, 0.2) is 5.82 Å². The van der Waals surface area contributed by atoms with Crippen molar-refractivity contribution in [2.24, 2.45) is 0 Å². The second kappa shape index (κ2) is 5.80. The van der Waals surface area contributed by atoms with E-state index >= 15 is 0 Å². The zero-order valence-corrected chi connectivity index (χ0v) is 13.4. The van der Waals surface area contributed by atoms with Gasteiger partial charge in [-0.25, -0.2) is 14.1 Å². The summed E-state index contributed by atoms with van der Waals surface area (Å²) >= 11 is 0. The lowest BCUT2D eigenvalue weighted by Gasteiger charge is -2.15. The summed E-state index contributed by atoms with van der Waals surface area (Å²) in [5, 5.41) is 4.10. The van der Waals surface area contributed by atoms with E-state index in [0.717, 1.165) is 5.56 Å². The van der Waals surface area contributed by atoms with Crippen molar-refractivity contribution in [3.63, 3.8) is 0 Å². The van der Waals surface area contributed by atoms with Crippen LogP contribution in [0, 0.1) is 0 Å². The van der Waals surface area contributed by atoms with E-state index in [0.29, 0.717) is 18.7 Å². The highest BCUT2D eigenvalue weighted by Crippen LogP contribution is 2.42. The van der Waals surface area contributed by atoms with Crippen LogP contribution >= 0.6 is 0 Å². The molecule has 0 aliphatic heterocycles. The Morgan fingerprint density at radius 3 is 2.56 bits per heavy atom. The van der Waals surface area contributed by atoms with Crippen LogP contribution in [0.4, 0.5) is 4.39 Å². The van der Waals surface area contributed by atoms with Crippen LogP contribution in [0.2, 0.25) is 0 Å². The van der Waals surface area contributed by atoms with Gasteiger partial charge in [-0.05, 0) is 30.5 Å². The Kier molecular flexibility index (Phi) is 3.60. The van der Waals surface area contributed by atoms with Crippen molar-refractivity contribution in [3.05, 3.63) is 75.5 Å². The summed E-state index contributed by atoms with van der Waals surface area (Å²) in [6.45, 7) is -0.404. The van der Waals surface area contributed by atoms with Crippen LogP contribution < -0.4 is 11.1 Å². The predicted molar refractivity (Wildman–Crippen MR) is 88.6 cm³/mol. The number of aromatic nitrogens is 5. The topological polar surface area (TPSA) is 74.7 Å². The summed E-state index contributed by atoms with van der Waals surface area (Å²) in [4.78, 5) is 28.9. The Hall–Kier alpha value is -3.03. The van der Waals surface area contributed by atoms with Crippen molar-refractivity contribution in [2.75, 3.05) is 6.67 Å². The summed E-state index contributed by atoms with van der Waals surface area (Å²) in [5.74, 6) is 0.662. The molecule has 1 aliphatic rings. The Morgan fingerprint density at radius 1 is 1.12 bits per heavy atom. The minimum atomic E-state index is -0.803. The van der Waals surface area contributed by atoms with Gasteiger partial charge in [-0.1, -0.05) is 6.07 Å². The Bertz CT molecular complexity index is 1000. The van der Waals surface area contributed by atoms with Gasteiger partial charge in [0.05, 0.1) is 12.1 Å². The molecule has 1 aliphatic carbocycles. The maximum absolute atomic E-state index is 13.1. The van der Waals surface area contributed by atoms with Crippen molar-refractivity contribution in [1.82, 2.24) is 23.9 Å². The van der Waals surface area contributed by atoms with E-state index in [1.54, 1.807) is 35.4 Å². The number of alkyl halides is 1. The number of hydrogen-bond acceptors (Lipinski definition) is 4. The van der Waals surface area contributed by atoms with Crippen LogP contribution in [0.25, 0.3) is 5.82 Å². The van der Waals surface area contributed by atoms with Crippen LogP contribution in [0.3, 0.4) is 0 Å². The van der Waals surface area contributed by atoms with Gasteiger partial charge in [0.25, 0.3) is 0 Å². The van der Waals surface area contributed by atoms with Crippen molar-refractivity contribution in [2.45, 2.75) is 24.9 Å². The van der Waals surface area contributed by atoms with Crippen LogP contribution in [-0.2, 0) is 12.1 Å². The fraction of sp³-hybridized carbons (Fsp3) is 0.294. The van der Waals surface area contributed by atoms with Gasteiger partial charge in [0, 0.05) is 31.0 Å².